The summed E-state index contributed by atoms with van der Waals surface area (Å²) in [5.41, 5.74) is 3.51. The number of ether oxygens (including phenoxy) is 4. The molecule has 244 valence electrons. The normalized spacial score (nSPS) is 14.3. The number of rotatable bonds is 10. The van der Waals surface area contributed by atoms with Crippen LogP contribution in [-0.2, 0) is 16.1 Å². The van der Waals surface area contributed by atoms with Crippen LogP contribution in [0.4, 0.5) is 0 Å². The van der Waals surface area contributed by atoms with Crippen molar-refractivity contribution in [2.75, 3.05) is 20.8 Å². The summed E-state index contributed by atoms with van der Waals surface area (Å²) < 4.78 is 25.4. The maximum atomic E-state index is 14.3. The van der Waals surface area contributed by atoms with Gasteiger partial charge < -0.3 is 18.9 Å². The van der Waals surface area contributed by atoms with Crippen LogP contribution in [0.2, 0.25) is 5.02 Å². The number of hydrogen-bond donors (Lipinski definition) is 0. The number of halogens is 2. The summed E-state index contributed by atoms with van der Waals surface area (Å²) in [5.74, 6) is 1.07. The summed E-state index contributed by atoms with van der Waals surface area (Å²) in [6.45, 7) is 2.27. The topological polar surface area (TPSA) is 88.4 Å². The molecule has 6 rings (SSSR count). The van der Waals surface area contributed by atoms with Gasteiger partial charge in [-0.25, -0.2) is 9.79 Å². The lowest BCUT2D eigenvalue weighted by atomic mass is 9.93. The number of carbonyl (C=O) groups excluding carboxylic acids is 1. The van der Waals surface area contributed by atoms with E-state index in [-0.39, 0.29) is 17.7 Å². The molecule has 11 heteroatoms. The van der Waals surface area contributed by atoms with E-state index in [0.717, 1.165) is 21.2 Å². The molecule has 0 bridgehead atoms. The Kier molecular flexibility index (Phi) is 10.1. The van der Waals surface area contributed by atoms with E-state index in [1.54, 1.807) is 36.8 Å². The van der Waals surface area contributed by atoms with Gasteiger partial charge in [-0.1, -0.05) is 77.5 Å². The van der Waals surface area contributed by atoms with Crippen LogP contribution in [0.15, 0.2) is 111 Å². The van der Waals surface area contributed by atoms with Crippen molar-refractivity contribution in [3.63, 3.8) is 0 Å². The number of methoxy groups -OCH3 is 2. The molecular weight excluding hydrogens is 716 g/mol. The third-order valence-corrected chi connectivity index (χ3v) is 9.51. The minimum absolute atomic E-state index is 0.155. The van der Waals surface area contributed by atoms with Crippen molar-refractivity contribution in [3.8, 4) is 17.2 Å². The van der Waals surface area contributed by atoms with Gasteiger partial charge in [0.1, 0.15) is 12.4 Å². The second-order valence-electron chi connectivity index (χ2n) is 10.7. The smallest absolute Gasteiger partial charge is 0.338 e. The molecule has 0 aliphatic carbocycles. The van der Waals surface area contributed by atoms with Crippen molar-refractivity contribution in [2.45, 2.75) is 19.6 Å². The number of carbonyl (C=O) groups is 1. The van der Waals surface area contributed by atoms with Crippen molar-refractivity contribution < 1.29 is 23.7 Å². The molecule has 48 heavy (non-hydrogen) atoms. The lowest BCUT2D eigenvalue weighted by molar-refractivity contribution is -0.138. The lowest BCUT2D eigenvalue weighted by Gasteiger charge is -2.26. The standard InChI is InChI=1S/C37H30BrClN2O6S/c1-4-46-36(43)32-33(24-8-6-5-7-9-24)40-37-41(34(32)25-13-17-29(44-2)30(20-25)45-3)35(42)31(48-37)19-23-12-16-28(27(38)18-23)47-21-22-10-14-26(39)15-11-22/h5-20,34H,4,21H2,1-3H3/b31-19-/t34-/m0/s1. The molecular formula is C37H30BrClN2O6S. The van der Waals surface area contributed by atoms with Gasteiger partial charge in [0.15, 0.2) is 16.3 Å². The average Bonchev–Trinajstić information content (AvgIpc) is 3.41. The number of nitrogens with zero attached hydrogens (tertiary/aromatic N) is 2. The zero-order valence-electron chi connectivity index (χ0n) is 26.2. The third-order valence-electron chi connectivity index (χ3n) is 7.66. The van der Waals surface area contributed by atoms with Crippen molar-refractivity contribution in [2.24, 2.45) is 4.99 Å². The number of fused-ring (bicyclic) bond motifs is 1. The first-order valence-corrected chi connectivity index (χ1v) is 17.0. The van der Waals surface area contributed by atoms with Crippen LogP contribution in [-0.4, -0.2) is 31.4 Å². The second kappa shape index (κ2) is 14.6. The summed E-state index contributed by atoms with van der Waals surface area (Å²) in [4.78, 5) is 33.4. The molecule has 8 nitrogen and oxygen atoms in total. The van der Waals surface area contributed by atoms with Gasteiger partial charge >= 0.3 is 5.97 Å². The highest BCUT2D eigenvalue weighted by molar-refractivity contribution is 9.10. The van der Waals surface area contributed by atoms with Gasteiger partial charge in [0.25, 0.3) is 5.56 Å². The van der Waals surface area contributed by atoms with Gasteiger partial charge in [0.2, 0.25) is 0 Å². The Labute approximate surface area is 294 Å². The first-order chi connectivity index (χ1) is 23.3. The predicted molar refractivity (Wildman–Crippen MR) is 191 cm³/mol. The molecule has 0 spiro atoms. The van der Waals surface area contributed by atoms with Gasteiger partial charge in [-0.05, 0) is 82.0 Å². The first-order valence-electron chi connectivity index (χ1n) is 15.0. The van der Waals surface area contributed by atoms with Gasteiger partial charge in [-0.3, -0.25) is 9.36 Å². The molecule has 1 aliphatic rings. The monoisotopic (exact) mass is 744 g/mol. The fourth-order valence-corrected chi connectivity index (χ4v) is 7.03. The highest BCUT2D eigenvalue weighted by Crippen LogP contribution is 2.38. The van der Waals surface area contributed by atoms with Crippen molar-refractivity contribution in [1.82, 2.24) is 4.57 Å². The maximum absolute atomic E-state index is 14.3. The molecule has 2 heterocycles. The van der Waals surface area contributed by atoms with E-state index >= 15 is 0 Å². The highest BCUT2D eigenvalue weighted by Gasteiger charge is 2.35. The van der Waals surface area contributed by atoms with Crippen LogP contribution in [0.1, 0.15) is 35.2 Å². The SMILES string of the molecule is CCOC(=O)C1=C(c2ccccc2)N=c2s/c(=C\c3ccc(OCc4ccc(Cl)cc4)c(Br)c3)c(=O)n2[C@H]1c1ccc(OC)c(OC)c1. The quantitative estimate of drug-likeness (QED) is 0.144. The first kappa shape index (κ1) is 33.3. The molecule has 0 N–H and O–H groups in total. The minimum atomic E-state index is -0.854. The van der Waals surface area contributed by atoms with E-state index in [0.29, 0.717) is 49.5 Å². The summed E-state index contributed by atoms with van der Waals surface area (Å²) in [6, 6.07) is 27.0. The summed E-state index contributed by atoms with van der Waals surface area (Å²) in [6.07, 6.45) is 1.81. The van der Waals surface area contributed by atoms with E-state index in [1.165, 1.54) is 18.4 Å². The third kappa shape index (κ3) is 6.82. The molecule has 1 aliphatic heterocycles. The van der Waals surface area contributed by atoms with E-state index < -0.39 is 12.0 Å². The Morgan fingerprint density at radius 2 is 1.69 bits per heavy atom. The van der Waals surface area contributed by atoms with Crippen molar-refractivity contribution in [1.29, 1.82) is 0 Å². The summed E-state index contributed by atoms with van der Waals surface area (Å²) in [7, 11) is 3.09. The van der Waals surface area contributed by atoms with E-state index in [9.17, 15) is 9.59 Å². The molecule has 4 aromatic carbocycles. The van der Waals surface area contributed by atoms with E-state index in [4.69, 9.17) is 35.5 Å². The van der Waals surface area contributed by atoms with E-state index in [1.807, 2.05) is 78.9 Å². The molecule has 0 saturated heterocycles. The number of aromatic nitrogens is 1. The molecule has 1 atom stereocenters. The van der Waals surface area contributed by atoms with Gasteiger partial charge in [-0.2, -0.15) is 0 Å². The second-order valence-corrected chi connectivity index (χ2v) is 13.0. The highest BCUT2D eigenvalue weighted by atomic mass is 79.9. The molecule has 0 amide bonds. The fraction of sp³-hybridized carbons (Fsp3) is 0.162. The molecule has 0 unspecified atom stereocenters. The molecule has 5 aromatic rings. The average molecular weight is 746 g/mol. The zero-order valence-corrected chi connectivity index (χ0v) is 29.4. The van der Waals surface area contributed by atoms with Gasteiger partial charge in [-0.15, -0.1) is 0 Å². The fourth-order valence-electron chi connectivity index (χ4n) is 5.40. The number of hydrogen-bond acceptors (Lipinski definition) is 8. The zero-order chi connectivity index (χ0) is 33.8. The Balaban J connectivity index is 1.48. The van der Waals surface area contributed by atoms with Gasteiger partial charge in [0.05, 0.1) is 47.1 Å². The van der Waals surface area contributed by atoms with Crippen molar-refractivity contribution in [3.05, 3.63) is 148 Å². The molecule has 0 fully saturated rings. The Bertz CT molecular complexity index is 2200. The molecule has 1 aromatic heterocycles. The van der Waals surface area contributed by atoms with Crippen molar-refractivity contribution >= 4 is 56.6 Å². The largest absolute Gasteiger partial charge is 0.493 e. The van der Waals surface area contributed by atoms with Crippen LogP contribution in [0.3, 0.4) is 0 Å². The lowest BCUT2D eigenvalue weighted by Crippen LogP contribution is -2.40. The van der Waals surface area contributed by atoms with Crippen LogP contribution in [0.5, 0.6) is 17.2 Å². The Morgan fingerprint density at radius 3 is 2.38 bits per heavy atom. The van der Waals surface area contributed by atoms with Crippen LogP contribution < -0.4 is 29.1 Å². The van der Waals surface area contributed by atoms with E-state index in [2.05, 4.69) is 15.9 Å². The number of esters is 1. The summed E-state index contributed by atoms with van der Waals surface area (Å²) in [5, 5.41) is 0.665. The van der Waals surface area contributed by atoms with Crippen LogP contribution >= 0.6 is 38.9 Å². The molecule has 0 saturated carbocycles. The predicted octanol–water partition coefficient (Wildman–Crippen LogP) is 6.95. The number of benzene rings is 4. The Morgan fingerprint density at radius 1 is 0.958 bits per heavy atom. The number of thiazole rings is 1. The Hall–Kier alpha value is -4.64. The summed E-state index contributed by atoms with van der Waals surface area (Å²) >= 11 is 10.9. The minimum Gasteiger partial charge on any atom is -0.493 e. The van der Waals surface area contributed by atoms with Gasteiger partial charge in [0, 0.05) is 10.6 Å². The van der Waals surface area contributed by atoms with Crippen LogP contribution in [0.25, 0.3) is 11.8 Å². The van der Waals surface area contributed by atoms with Crippen LogP contribution in [0, 0.1) is 0 Å². The molecule has 0 radical (unpaired) electrons. The maximum Gasteiger partial charge on any atom is 0.338 e.